The summed E-state index contributed by atoms with van der Waals surface area (Å²) in [4.78, 5) is 0. The third-order valence-electron chi connectivity index (χ3n) is 2.12. The van der Waals surface area contributed by atoms with Gasteiger partial charge in [0.1, 0.15) is 11.6 Å². The highest BCUT2D eigenvalue weighted by molar-refractivity contribution is 5.17. The van der Waals surface area contributed by atoms with Gasteiger partial charge in [0.05, 0.1) is 0 Å². The molecule has 0 saturated carbocycles. The summed E-state index contributed by atoms with van der Waals surface area (Å²) in [6, 6.07) is 3.48. The van der Waals surface area contributed by atoms with Gasteiger partial charge in [-0.15, -0.1) is 0 Å². The Balaban J connectivity index is 2.57. The second-order valence-corrected chi connectivity index (χ2v) is 3.22. The SMILES string of the molecule is COC(CCc1cc(F)cc(F)c1)OC. The Morgan fingerprint density at radius 3 is 2.07 bits per heavy atom. The Bertz CT molecular complexity index is 291. The van der Waals surface area contributed by atoms with Crippen LogP contribution in [0.15, 0.2) is 18.2 Å². The van der Waals surface area contributed by atoms with Crippen molar-refractivity contribution in [3.05, 3.63) is 35.4 Å². The Morgan fingerprint density at radius 2 is 1.60 bits per heavy atom. The first-order valence-corrected chi connectivity index (χ1v) is 4.66. The molecule has 0 unspecified atom stereocenters. The van der Waals surface area contributed by atoms with Gasteiger partial charge >= 0.3 is 0 Å². The van der Waals surface area contributed by atoms with Crippen molar-refractivity contribution in [2.75, 3.05) is 14.2 Å². The standard InChI is InChI=1S/C11H14F2O2/c1-14-11(15-2)4-3-8-5-9(12)7-10(13)6-8/h5-7,11H,3-4H2,1-2H3. The second kappa shape index (κ2) is 5.78. The number of benzene rings is 1. The third-order valence-corrected chi connectivity index (χ3v) is 2.12. The van der Waals surface area contributed by atoms with Crippen LogP contribution in [0.1, 0.15) is 12.0 Å². The van der Waals surface area contributed by atoms with Crippen LogP contribution in [0.5, 0.6) is 0 Å². The van der Waals surface area contributed by atoms with Crippen molar-refractivity contribution in [3.63, 3.8) is 0 Å². The van der Waals surface area contributed by atoms with Crippen LogP contribution in [0, 0.1) is 11.6 Å². The molecule has 0 atom stereocenters. The summed E-state index contributed by atoms with van der Waals surface area (Å²) in [5.41, 5.74) is 0.603. The minimum Gasteiger partial charge on any atom is -0.356 e. The van der Waals surface area contributed by atoms with E-state index in [1.54, 1.807) is 0 Å². The highest BCUT2D eigenvalue weighted by Gasteiger charge is 2.06. The molecule has 0 aliphatic heterocycles. The molecule has 1 aromatic rings. The zero-order chi connectivity index (χ0) is 11.3. The first-order chi connectivity index (χ1) is 7.15. The fraction of sp³-hybridized carbons (Fsp3) is 0.455. The fourth-order valence-corrected chi connectivity index (χ4v) is 1.37. The average molecular weight is 216 g/mol. The highest BCUT2D eigenvalue weighted by atomic mass is 19.1. The number of methoxy groups -OCH3 is 2. The maximum Gasteiger partial charge on any atom is 0.157 e. The Labute approximate surface area is 87.8 Å². The van der Waals surface area contributed by atoms with E-state index in [2.05, 4.69) is 0 Å². The van der Waals surface area contributed by atoms with E-state index in [9.17, 15) is 8.78 Å². The van der Waals surface area contributed by atoms with E-state index in [-0.39, 0.29) is 6.29 Å². The summed E-state index contributed by atoms with van der Waals surface area (Å²) in [7, 11) is 3.06. The first kappa shape index (κ1) is 12.1. The van der Waals surface area contributed by atoms with Gasteiger partial charge in [0, 0.05) is 26.7 Å². The van der Waals surface area contributed by atoms with Crippen LogP contribution in [0.3, 0.4) is 0 Å². The topological polar surface area (TPSA) is 18.5 Å². The van der Waals surface area contributed by atoms with Gasteiger partial charge in [-0.2, -0.15) is 0 Å². The molecule has 2 nitrogen and oxygen atoms in total. The van der Waals surface area contributed by atoms with Gasteiger partial charge in [-0.05, 0) is 24.1 Å². The molecular weight excluding hydrogens is 202 g/mol. The molecule has 1 aromatic carbocycles. The molecule has 0 bridgehead atoms. The largest absolute Gasteiger partial charge is 0.356 e. The maximum absolute atomic E-state index is 12.8. The molecule has 0 amide bonds. The zero-order valence-corrected chi connectivity index (χ0v) is 8.80. The first-order valence-electron chi connectivity index (χ1n) is 4.66. The van der Waals surface area contributed by atoms with E-state index in [1.807, 2.05) is 0 Å². The summed E-state index contributed by atoms with van der Waals surface area (Å²) in [5, 5.41) is 0. The Kier molecular flexibility index (Phi) is 4.65. The minimum atomic E-state index is -0.559. The van der Waals surface area contributed by atoms with Crippen molar-refractivity contribution in [2.24, 2.45) is 0 Å². The van der Waals surface area contributed by atoms with Gasteiger partial charge in [0.25, 0.3) is 0 Å². The quantitative estimate of drug-likeness (QED) is 0.704. The lowest BCUT2D eigenvalue weighted by molar-refractivity contribution is -0.105. The molecule has 0 saturated heterocycles. The molecule has 15 heavy (non-hydrogen) atoms. The fourth-order valence-electron chi connectivity index (χ4n) is 1.37. The van der Waals surface area contributed by atoms with Crippen molar-refractivity contribution in [1.29, 1.82) is 0 Å². The van der Waals surface area contributed by atoms with E-state index in [4.69, 9.17) is 9.47 Å². The van der Waals surface area contributed by atoms with Crippen LogP contribution in [-0.4, -0.2) is 20.5 Å². The molecule has 0 fully saturated rings. The molecule has 0 radical (unpaired) electrons. The van der Waals surface area contributed by atoms with Gasteiger partial charge in [0.2, 0.25) is 0 Å². The number of aryl methyl sites for hydroxylation is 1. The molecule has 4 heteroatoms. The van der Waals surface area contributed by atoms with E-state index < -0.39 is 11.6 Å². The number of rotatable bonds is 5. The number of hydrogen-bond acceptors (Lipinski definition) is 2. The van der Waals surface area contributed by atoms with E-state index >= 15 is 0 Å². The van der Waals surface area contributed by atoms with Gasteiger partial charge in [-0.1, -0.05) is 0 Å². The predicted molar refractivity (Wildman–Crippen MR) is 52.5 cm³/mol. The smallest absolute Gasteiger partial charge is 0.157 e. The lowest BCUT2D eigenvalue weighted by Crippen LogP contribution is -2.13. The molecule has 84 valence electrons. The van der Waals surface area contributed by atoms with Crippen molar-refractivity contribution in [3.8, 4) is 0 Å². The molecular formula is C11H14F2O2. The number of ether oxygens (including phenoxy) is 2. The van der Waals surface area contributed by atoms with Crippen molar-refractivity contribution < 1.29 is 18.3 Å². The van der Waals surface area contributed by atoms with Crippen LogP contribution in [-0.2, 0) is 15.9 Å². The van der Waals surface area contributed by atoms with Gasteiger partial charge < -0.3 is 9.47 Å². The minimum absolute atomic E-state index is 0.337. The molecule has 1 rings (SSSR count). The predicted octanol–water partition coefficient (Wildman–Crippen LogP) is 2.52. The molecule has 0 spiro atoms. The Hall–Kier alpha value is -1.00. The second-order valence-electron chi connectivity index (χ2n) is 3.22. The van der Waals surface area contributed by atoms with Crippen LogP contribution < -0.4 is 0 Å². The van der Waals surface area contributed by atoms with Gasteiger partial charge in [-0.3, -0.25) is 0 Å². The lowest BCUT2D eigenvalue weighted by atomic mass is 10.1. The third kappa shape index (κ3) is 3.93. The summed E-state index contributed by atoms with van der Waals surface area (Å²) in [6.45, 7) is 0. The zero-order valence-electron chi connectivity index (χ0n) is 8.80. The average Bonchev–Trinajstić information content (AvgIpc) is 2.18. The summed E-state index contributed by atoms with van der Waals surface area (Å²) >= 11 is 0. The molecule has 0 aromatic heterocycles. The molecule has 0 N–H and O–H groups in total. The summed E-state index contributed by atoms with van der Waals surface area (Å²) in [5.74, 6) is -1.12. The highest BCUT2D eigenvalue weighted by Crippen LogP contribution is 2.11. The van der Waals surface area contributed by atoms with E-state index in [0.29, 0.717) is 18.4 Å². The maximum atomic E-state index is 12.8. The molecule has 0 heterocycles. The van der Waals surface area contributed by atoms with Crippen LogP contribution in [0.2, 0.25) is 0 Å². The van der Waals surface area contributed by atoms with E-state index in [0.717, 1.165) is 6.07 Å². The Morgan fingerprint density at radius 1 is 1.07 bits per heavy atom. The number of hydrogen-bond donors (Lipinski definition) is 0. The monoisotopic (exact) mass is 216 g/mol. The van der Waals surface area contributed by atoms with Crippen molar-refractivity contribution in [2.45, 2.75) is 19.1 Å². The van der Waals surface area contributed by atoms with Crippen molar-refractivity contribution >= 4 is 0 Å². The molecule has 0 aliphatic rings. The molecule has 0 aliphatic carbocycles. The summed E-state index contributed by atoms with van der Waals surface area (Å²) in [6.07, 6.45) is 0.744. The summed E-state index contributed by atoms with van der Waals surface area (Å²) < 4.78 is 35.6. The lowest BCUT2D eigenvalue weighted by Gasteiger charge is -2.12. The van der Waals surface area contributed by atoms with Gasteiger partial charge in [0.15, 0.2) is 6.29 Å². The van der Waals surface area contributed by atoms with Crippen LogP contribution in [0.25, 0.3) is 0 Å². The number of halogens is 2. The van der Waals surface area contributed by atoms with Crippen LogP contribution in [0.4, 0.5) is 8.78 Å². The van der Waals surface area contributed by atoms with Gasteiger partial charge in [-0.25, -0.2) is 8.78 Å². The normalized spacial score (nSPS) is 11.0. The van der Waals surface area contributed by atoms with Crippen molar-refractivity contribution in [1.82, 2.24) is 0 Å². The van der Waals surface area contributed by atoms with E-state index in [1.165, 1.54) is 26.4 Å². The van der Waals surface area contributed by atoms with Crippen LogP contribution >= 0.6 is 0 Å².